The van der Waals surface area contributed by atoms with Gasteiger partial charge in [0.1, 0.15) is 4.21 Å². The molecule has 2 aromatic rings. The molecule has 1 N–H and O–H groups in total. The molecule has 0 saturated heterocycles. The fourth-order valence-electron chi connectivity index (χ4n) is 2.13. The highest BCUT2D eigenvalue weighted by Gasteiger charge is 2.21. The monoisotopic (exact) mass is 489 g/mol. The lowest BCUT2D eigenvalue weighted by Crippen LogP contribution is -2.17. The third kappa shape index (κ3) is 6.05. The van der Waals surface area contributed by atoms with Crippen LogP contribution in [0.4, 0.5) is 5.69 Å². The molecule has 0 aliphatic rings. The first-order chi connectivity index (χ1) is 13.0. The lowest BCUT2D eigenvalue weighted by molar-refractivity contribution is 0.0377. The molecule has 0 saturated carbocycles. The van der Waals surface area contributed by atoms with Crippen molar-refractivity contribution in [3.63, 3.8) is 0 Å². The molecule has 1 heterocycles. The Morgan fingerprint density at radius 3 is 1.86 bits per heavy atom. The van der Waals surface area contributed by atoms with Gasteiger partial charge in [-0.2, -0.15) is 0 Å². The molecule has 152 valence electrons. The van der Waals surface area contributed by atoms with Crippen molar-refractivity contribution in [2.24, 2.45) is 0 Å². The van der Waals surface area contributed by atoms with Crippen molar-refractivity contribution in [3.8, 4) is 0 Å². The first-order valence-corrected chi connectivity index (χ1v) is 11.4. The van der Waals surface area contributed by atoms with Gasteiger partial charge in [0.25, 0.3) is 10.0 Å². The Morgan fingerprint density at radius 2 is 1.46 bits per heavy atom. The molecule has 28 heavy (non-hydrogen) atoms. The minimum absolute atomic E-state index is 0.0389. The van der Waals surface area contributed by atoms with Crippen LogP contribution in [0.2, 0.25) is 0 Å². The van der Waals surface area contributed by atoms with E-state index in [2.05, 4.69) is 20.7 Å². The maximum atomic E-state index is 12.6. The summed E-state index contributed by atoms with van der Waals surface area (Å²) in [6.45, 7) is 6.75. The van der Waals surface area contributed by atoms with Crippen LogP contribution >= 0.6 is 27.3 Å². The molecule has 2 rings (SSSR count). The van der Waals surface area contributed by atoms with E-state index >= 15 is 0 Å². The lowest BCUT2D eigenvalue weighted by atomic mass is 10.1. The zero-order chi connectivity index (χ0) is 21.1. The topological polar surface area (TPSA) is 98.8 Å². The van der Waals surface area contributed by atoms with Gasteiger partial charge in [-0.05, 0) is 74.0 Å². The molecule has 1 aromatic carbocycles. The van der Waals surface area contributed by atoms with Crippen molar-refractivity contribution in [2.75, 3.05) is 4.72 Å². The van der Waals surface area contributed by atoms with Gasteiger partial charge in [-0.3, -0.25) is 4.72 Å². The van der Waals surface area contributed by atoms with E-state index in [0.717, 1.165) is 11.3 Å². The number of benzene rings is 1. The van der Waals surface area contributed by atoms with E-state index in [1.165, 1.54) is 24.3 Å². The number of carbonyl (C=O) groups is 2. The maximum Gasteiger partial charge on any atom is 0.338 e. The number of sulfonamides is 1. The number of halogens is 1. The average Bonchev–Trinajstić information content (AvgIpc) is 3.00. The number of nitrogens with one attached hydrogen (secondary N) is 1. The lowest BCUT2D eigenvalue weighted by Gasteiger charge is -2.13. The summed E-state index contributed by atoms with van der Waals surface area (Å²) in [6, 6.07) is 7.01. The number of carbonyl (C=O) groups excluding carboxylic acids is 2. The molecule has 0 fully saturated rings. The summed E-state index contributed by atoms with van der Waals surface area (Å²) in [5, 5.41) is 0. The van der Waals surface area contributed by atoms with E-state index in [0.29, 0.717) is 3.79 Å². The highest BCUT2D eigenvalue weighted by atomic mass is 79.9. The van der Waals surface area contributed by atoms with E-state index in [1.807, 2.05) is 0 Å². The first kappa shape index (κ1) is 22.4. The highest BCUT2D eigenvalue weighted by Crippen LogP contribution is 2.28. The third-order valence-corrected chi connectivity index (χ3v) is 6.65. The van der Waals surface area contributed by atoms with Crippen LogP contribution in [0.25, 0.3) is 0 Å². The van der Waals surface area contributed by atoms with Gasteiger partial charge in [0.15, 0.2) is 0 Å². The van der Waals surface area contributed by atoms with Crippen LogP contribution in [-0.2, 0) is 19.5 Å². The summed E-state index contributed by atoms with van der Waals surface area (Å²) in [6.07, 6.45) is -0.746. The number of hydrogen-bond donors (Lipinski definition) is 1. The molecule has 7 nitrogen and oxygen atoms in total. The van der Waals surface area contributed by atoms with Gasteiger partial charge in [-0.1, -0.05) is 0 Å². The third-order valence-electron chi connectivity index (χ3n) is 3.16. The molecule has 1 aromatic heterocycles. The molecule has 0 aliphatic heterocycles. The number of rotatable bonds is 7. The summed E-state index contributed by atoms with van der Waals surface area (Å²) in [7, 11) is -3.89. The number of ether oxygens (including phenoxy) is 2. The van der Waals surface area contributed by atoms with Crippen LogP contribution in [-0.4, -0.2) is 32.6 Å². The summed E-state index contributed by atoms with van der Waals surface area (Å²) >= 11 is 4.26. The van der Waals surface area contributed by atoms with Crippen molar-refractivity contribution >= 4 is 54.9 Å². The minimum atomic E-state index is -3.89. The fourth-order valence-corrected chi connectivity index (χ4v) is 5.18. The molecule has 0 aliphatic carbocycles. The number of esters is 2. The Balaban J connectivity index is 2.44. The molecule has 0 radical (unpaired) electrons. The molecule has 0 bridgehead atoms. The number of hydrogen-bond acceptors (Lipinski definition) is 7. The molecular formula is C18H20BrNO6S2. The van der Waals surface area contributed by atoms with Crippen molar-refractivity contribution in [3.05, 3.63) is 45.2 Å². The van der Waals surface area contributed by atoms with E-state index in [4.69, 9.17) is 9.47 Å². The Labute approximate surface area is 176 Å². The van der Waals surface area contributed by atoms with Gasteiger partial charge in [0, 0.05) is 0 Å². The first-order valence-electron chi connectivity index (χ1n) is 8.33. The van der Waals surface area contributed by atoms with Crippen LogP contribution in [0.15, 0.2) is 38.3 Å². The predicted octanol–water partition coefficient (Wildman–Crippen LogP) is 4.44. The summed E-state index contributed by atoms with van der Waals surface area (Å²) < 4.78 is 38.6. The van der Waals surface area contributed by atoms with Crippen LogP contribution in [0, 0.1) is 0 Å². The normalized spacial score (nSPS) is 11.5. The zero-order valence-electron chi connectivity index (χ0n) is 15.7. The number of thiophene rings is 1. The van der Waals surface area contributed by atoms with E-state index in [-0.39, 0.29) is 33.2 Å². The van der Waals surface area contributed by atoms with Gasteiger partial charge in [0.2, 0.25) is 0 Å². The second-order valence-corrected chi connectivity index (χ2v) is 10.7. The van der Waals surface area contributed by atoms with Crippen molar-refractivity contribution < 1.29 is 27.5 Å². The van der Waals surface area contributed by atoms with E-state index < -0.39 is 22.0 Å². The highest BCUT2D eigenvalue weighted by molar-refractivity contribution is 9.11. The Morgan fingerprint density at radius 1 is 0.964 bits per heavy atom. The quantitative estimate of drug-likeness (QED) is 0.577. The Kier molecular flexibility index (Phi) is 7.24. The summed E-state index contributed by atoms with van der Waals surface area (Å²) in [4.78, 5) is 24.6. The standard InChI is InChI=1S/C18H20BrNO6S2/c1-10(2)25-17(21)12-7-13(18(22)26-11(3)4)9-14(8-12)20-28(23,24)16-6-5-15(19)27-16/h5-11,20H,1-4H3. The van der Waals surface area contributed by atoms with Gasteiger partial charge in [0.05, 0.1) is 32.8 Å². The van der Waals surface area contributed by atoms with Gasteiger partial charge >= 0.3 is 11.9 Å². The number of anilines is 1. The second-order valence-electron chi connectivity index (χ2n) is 6.37. The van der Waals surface area contributed by atoms with E-state index in [1.54, 1.807) is 33.8 Å². The summed E-state index contributed by atoms with van der Waals surface area (Å²) in [5.41, 5.74) is 0.132. The molecule has 0 spiro atoms. The van der Waals surface area contributed by atoms with Crippen LogP contribution in [0.1, 0.15) is 48.4 Å². The second kappa shape index (κ2) is 9.06. The molecule has 0 unspecified atom stereocenters. The van der Waals surface area contributed by atoms with Crippen LogP contribution in [0.5, 0.6) is 0 Å². The van der Waals surface area contributed by atoms with Crippen molar-refractivity contribution in [1.82, 2.24) is 0 Å². The predicted molar refractivity (Wildman–Crippen MR) is 110 cm³/mol. The fraction of sp³-hybridized carbons (Fsp3) is 0.333. The van der Waals surface area contributed by atoms with Crippen molar-refractivity contribution in [2.45, 2.75) is 44.1 Å². The van der Waals surface area contributed by atoms with Crippen LogP contribution in [0.3, 0.4) is 0 Å². The maximum absolute atomic E-state index is 12.6. The largest absolute Gasteiger partial charge is 0.459 e. The average molecular weight is 490 g/mol. The zero-order valence-corrected chi connectivity index (χ0v) is 18.9. The Hall–Kier alpha value is -1.91. The SMILES string of the molecule is CC(C)OC(=O)c1cc(NS(=O)(=O)c2ccc(Br)s2)cc(C(=O)OC(C)C)c1. The van der Waals surface area contributed by atoms with Gasteiger partial charge in [-0.25, -0.2) is 18.0 Å². The van der Waals surface area contributed by atoms with Gasteiger partial charge in [-0.15, -0.1) is 11.3 Å². The molecule has 0 atom stereocenters. The smallest absolute Gasteiger partial charge is 0.338 e. The Bertz CT molecular complexity index is 941. The minimum Gasteiger partial charge on any atom is -0.459 e. The van der Waals surface area contributed by atoms with Crippen molar-refractivity contribution in [1.29, 1.82) is 0 Å². The molecule has 0 amide bonds. The van der Waals surface area contributed by atoms with Crippen LogP contribution < -0.4 is 4.72 Å². The molecule has 10 heteroatoms. The molecular weight excluding hydrogens is 470 g/mol. The summed E-state index contributed by atoms with van der Waals surface area (Å²) in [5.74, 6) is -1.35. The van der Waals surface area contributed by atoms with Gasteiger partial charge < -0.3 is 9.47 Å². The van der Waals surface area contributed by atoms with E-state index in [9.17, 15) is 18.0 Å².